The van der Waals surface area contributed by atoms with E-state index in [1.807, 2.05) is 24.3 Å². The molecule has 0 unspecified atom stereocenters. The third-order valence-electron chi connectivity index (χ3n) is 3.78. The van der Waals surface area contributed by atoms with Crippen LogP contribution in [0, 0.1) is 0 Å². The van der Waals surface area contributed by atoms with Crippen molar-refractivity contribution >= 4 is 33.9 Å². The fourth-order valence-electron chi connectivity index (χ4n) is 2.57. The van der Waals surface area contributed by atoms with E-state index < -0.39 is 11.5 Å². The van der Waals surface area contributed by atoms with Crippen LogP contribution < -0.4 is 5.32 Å². The predicted octanol–water partition coefficient (Wildman–Crippen LogP) is 3.37. The lowest BCUT2D eigenvalue weighted by atomic mass is 9.81. The zero-order valence-corrected chi connectivity index (χ0v) is 13.2. The van der Waals surface area contributed by atoms with Crippen molar-refractivity contribution in [3.05, 3.63) is 40.4 Å². The van der Waals surface area contributed by atoms with E-state index in [0.29, 0.717) is 12.8 Å². The number of hydrogen-bond donors (Lipinski definition) is 2. The van der Waals surface area contributed by atoms with Gasteiger partial charge in [-0.25, -0.2) is 4.79 Å². The fraction of sp³-hybridized carbons (Fsp3) is 0.375. The molecule has 2 N–H and O–H groups in total. The van der Waals surface area contributed by atoms with E-state index in [1.165, 1.54) is 6.08 Å². The van der Waals surface area contributed by atoms with Gasteiger partial charge >= 0.3 is 5.97 Å². The summed E-state index contributed by atoms with van der Waals surface area (Å²) in [5.74, 6) is -1.30. The van der Waals surface area contributed by atoms with Gasteiger partial charge in [-0.1, -0.05) is 47.3 Å². The lowest BCUT2D eigenvalue weighted by molar-refractivity contribution is -0.148. The third-order valence-corrected chi connectivity index (χ3v) is 4.30. The normalized spacial score (nSPS) is 17.6. The molecule has 1 fully saturated rings. The molecule has 0 heterocycles. The van der Waals surface area contributed by atoms with Crippen molar-refractivity contribution < 1.29 is 14.7 Å². The van der Waals surface area contributed by atoms with Gasteiger partial charge in [0.25, 0.3) is 0 Å². The number of carboxylic acids is 1. The largest absolute Gasteiger partial charge is 0.480 e. The first-order chi connectivity index (χ1) is 10.0. The van der Waals surface area contributed by atoms with Crippen molar-refractivity contribution in [3.8, 4) is 0 Å². The number of amides is 1. The highest BCUT2D eigenvalue weighted by Crippen LogP contribution is 2.28. The summed E-state index contributed by atoms with van der Waals surface area (Å²) >= 11 is 3.35. The molecule has 0 spiro atoms. The first-order valence-corrected chi connectivity index (χ1v) is 7.80. The Morgan fingerprint density at radius 2 is 1.76 bits per heavy atom. The number of halogens is 1. The van der Waals surface area contributed by atoms with Crippen LogP contribution in [0.25, 0.3) is 6.08 Å². The number of aliphatic carboxylic acids is 1. The average Bonchev–Trinajstić information content (AvgIpc) is 2.47. The van der Waals surface area contributed by atoms with Gasteiger partial charge < -0.3 is 10.4 Å². The minimum absolute atomic E-state index is 0.359. The maximum atomic E-state index is 12.0. The van der Waals surface area contributed by atoms with Crippen LogP contribution in [0.3, 0.4) is 0 Å². The van der Waals surface area contributed by atoms with Gasteiger partial charge in [0.05, 0.1) is 0 Å². The molecule has 0 saturated heterocycles. The zero-order chi connectivity index (χ0) is 15.3. The topological polar surface area (TPSA) is 66.4 Å². The highest BCUT2D eigenvalue weighted by molar-refractivity contribution is 9.10. The fourth-order valence-corrected chi connectivity index (χ4v) is 2.84. The summed E-state index contributed by atoms with van der Waals surface area (Å²) in [6, 6.07) is 7.53. The smallest absolute Gasteiger partial charge is 0.329 e. The Bertz CT molecular complexity index is 545. The minimum atomic E-state index is -1.10. The number of carbonyl (C=O) groups is 2. The molecule has 5 heteroatoms. The van der Waals surface area contributed by atoms with Gasteiger partial charge in [0, 0.05) is 10.5 Å². The number of benzene rings is 1. The molecule has 1 aliphatic rings. The Morgan fingerprint density at radius 1 is 1.14 bits per heavy atom. The van der Waals surface area contributed by atoms with Crippen molar-refractivity contribution in [2.75, 3.05) is 0 Å². The highest BCUT2D eigenvalue weighted by atomic mass is 79.9. The molecule has 0 bridgehead atoms. The van der Waals surface area contributed by atoms with Crippen LogP contribution in [0.5, 0.6) is 0 Å². The summed E-state index contributed by atoms with van der Waals surface area (Å²) in [4.78, 5) is 23.5. The lowest BCUT2D eigenvalue weighted by Crippen LogP contribution is -2.55. The van der Waals surface area contributed by atoms with Crippen LogP contribution in [0.4, 0.5) is 0 Å². The summed E-state index contributed by atoms with van der Waals surface area (Å²) in [5.41, 5.74) is -0.208. The van der Waals surface area contributed by atoms with Crippen LogP contribution in [0.2, 0.25) is 0 Å². The van der Waals surface area contributed by atoms with Gasteiger partial charge in [-0.2, -0.15) is 0 Å². The first-order valence-electron chi connectivity index (χ1n) is 7.01. The molecule has 4 nitrogen and oxygen atoms in total. The first kappa shape index (κ1) is 15.8. The average molecular weight is 352 g/mol. The molecule has 0 atom stereocenters. The van der Waals surface area contributed by atoms with Gasteiger partial charge in [-0.3, -0.25) is 4.79 Å². The summed E-state index contributed by atoms with van der Waals surface area (Å²) in [5, 5.41) is 12.1. The van der Waals surface area contributed by atoms with Crippen molar-refractivity contribution in [2.45, 2.75) is 37.6 Å². The Kier molecular flexibility index (Phi) is 5.17. The Hall–Kier alpha value is -1.62. The van der Waals surface area contributed by atoms with E-state index in [2.05, 4.69) is 21.2 Å². The van der Waals surface area contributed by atoms with Gasteiger partial charge in [0.2, 0.25) is 5.91 Å². The maximum Gasteiger partial charge on any atom is 0.329 e. The van der Waals surface area contributed by atoms with Crippen LogP contribution in [0.1, 0.15) is 37.7 Å². The van der Waals surface area contributed by atoms with Gasteiger partial charge in [0.1, 0.15) is 5.54 Å². The number of hydrogen-bond acceptors (Lipinski definition) is 2. The van der Waals surface area contributed by atoms with Crippen LogP contribution >= 0.6 is 15.9 Å². The summed E-state index contributed by atoms with van der Waals surface area (Å²) in [7, 11) is 0. The van der Waals surface area contributed by atoms with Crippen molar-refractivity contribution in [1.82, 2.24) is 5.32 Å². The zero-order valence-electron chi connectivity index (χ0n) is 11.6. The molecule has 1 saturated carbocycles. The number of rotatable bonds is 4. The van der Waals surface area contributed by atoms with E-state index >= 15 is 0 Å². The van der Waals surface area contributed by atoms with Gasteiger partial charge in [0.15, 0.2) is 0 Å². The molecule has 1 aromatic rings. The standard InChI is InChI=1S/C16H18BrNO3/c17-13-7-4-12(5-8-13)6-9-14(19)18-16(15(20)21)10-2-1-3-11-16/h4-9H,1-3,10-11H2,(H,18,19)(H,20,21)/b9-6+. The summed E-state index contributed by atoms with van der Waals surface area (Å²) < 4.78 is 0.969. The van der Waals surface area contributed by atoms with E-state index in [4.69, 9.17) is 0 Å². The summed E-state index contributed by atoms with van der Waals surface area (Å²) in [6.07, 6.45) is 6.77. The quantitative estimate of drug-likeness (QED) is 0.817. The molecular formula is C16H18BrNO3. The third kappa shape index (κ3) is 4.17. The van der Waals surface area contributed by atoms with Crippen molar-refractivity contribution in [2.24, 2.45) is 0 Å². The van der Waals surface area contributed by atoms with E-state index in [-0.39, 0.29) is 5.91 Å². The molecule has 1 aromatic carbocycles. The van der Waals surface area contributed by atoms with Gasteiger partial charge in [-0.05, 0) is 36.6 Å². The number of carbonyl (C=O) groups excluding carboxylic acids is 1. The van der Waals surface area contributed by atoms with E-state index in [0.717, 1.165) is 29.3 Å². The SMILES string of the molecule is O=C(/C=C/c1ccc(Br)cc1)NC1(C(=O)O)CCCCC1. The molecule has 0 aliphatic heterocycles. The molecule has 0 radical (unpaired) electrons. The van der Waals surface area contributed by atoms with Crippen molar-refractivity contribution in [3.63, 3.8) is 0 Å². The molecule has 1 amide bonds. The van der Waals surface area contributed by atoms with Crippen LogP contribution in [0.15, 0.2) is 34.8 Å². The Balaban J connectivity index is 2.02. The second-order valence-electron chi connectivity index (χ2n) is 5.32. The molecule has 0 aromatic heterocycles. The Morgan fingerprint density at radius 3 is 2.33 bits per heavy atom. The van der Waals surface area contributed by atoms with Gasteiger partial charge in [-0.15, -0.1) is 0 Å². The Labute approximate surface area is 132 Å². The number of carboxylic acid groups (broad SMARTS) is 1. The van der Waals surface area contributed by atoms with Crippen LogP contribution in [-0.2, 0) is 9.59 Å². The van der Waals surface area contributed by atoms with Crippen molar-refractivity contribution in [1.29, 1.82) is 0 Å². The number of nitrogens with one attached hydrogen (secondary N) is 1. The lowest BCUT2D eigenvalue weighted by Gasteiger charge is -2.33. The second kappa shape index (κ2) is 6.89. The van der Waals surface area contributed by atoms with E-state index in [1.54, 1.807) is 6.08 Å². The molecule has 112 valence electrons. The summed E-state index contributed by atoms with van der Waals surface area (Å²) in [6.45, 7) is 0. The molecule has 21 heavy (non-hydrogen) atoms. The molecular weight excluding hydrogens is 334 g/mol. The monoisotopic (exact) mass is 351 g/mol. The molecule has 2 rings (SSSR count). The predicted molar refractivity (Wildman–Crippen MR) is 84.8 cm³/mol. The molecule has 1 aliphatic carbocycles. The highest BCUT2D eigenvalue weighted by Gasteiger charge is 2.40. The van der Waals surface area contributed by atoms with Crippen LogP contribution in [-0.4, -0.2) is 22.5 Å². The second-order valence-corrected chi connectivity index (χ2v) is 6.24. The maximum absolute atomic E-state index is 12.0. The van der Waals surface area contributed by atoms with E-state index in [9.17, 15) is 14.7 Å². The minimum Gasteiger partial charge on any atom is -0.480 e.